The molecule has 29 heavy (non-hydrogen) atoms. The molecule has 1 amide bonds. The number of nitrogens with zero attached hydrogens (tertiary/aromatic N) is 5. The van der Waals surface area contributed by atoms with Gasteiger partial charge in [-0.1, -0.05) is 0 Å². The summed E-state index contributed by atoms with van der Waals surface area (Å²) in [4.78, 5) is 29.7. The Balaban J connectivity index is 1.30. The van der Waals surface area contributed by atoms with Crippen molar-refractivity contribution in [1.29, 1.82) is 0 Å². The largest absolute Gasteiger partial charge is 0.492 e. The van der Waals surface area contributed by atoms with Crippen molar-refractivity contribution < 1.29 is 19.8 Å². The molecule has 0 saturated carbocycles. The Morgan fingerprint density at radius 3 is 2.38 bits per heavy atom. The summed E-state index contributed by atoms with van der Waals surface area (Å²) in [6.45, 7) is 7.61. The molecule has 0 unspecified atom stereocenters. The van der Waals surface area contributed by atoms with Gasteiger partial charge in [0.25, 0.3) is 0 Å². The first-order chi connectivity index (χ1) is 14.0. The summed E-state index contributed by atoms with van der Waals surface area (Å²) in [5, 5.41) is 20.3. The van der Waals surface area contributed by atoms with Gasteiger partial charge >= 0.3 is 6.09 Å². The number of rotatable bonds is 4. The molecule has 2 aromatic rings. The van der Waals surface area contributed by atoms with Gasteiger partial charge in [0.1, 0.15) is 0 Å². The van der Waals surface area contributed by atoms with Crippen molar-refractivity contribution in [3.63, 3.8) is 0 Å². The van der Waals surface area contributed by atoms with Gasteiger partial charge in [-0.15, -0.1) is 16.1 Å². The molecule has 2 aliphatic heterocycles. The highest BCUT2D eigenvalue weighted by Crippen LogP contribution is 2.29. The van der Waals surface area contributed by atoms with E-state index >= 15 is 0 Å². The van der Waals surface area contributed by atoms with E-state index < -0.39 is 6.09 Å². The van der Waals surface area contributed by atoms with E-state index in [1.165, 1.54) is 36.3 Å². The topological polar surface area (TPSA) is 94.3 Å². The van der Waals surface area contributed by atoms with Crippen LogP contribution < -0.4 is 9.74 Å². The maximum absolute atomic E-state index is 12.3. The number of anilines is 1. The molecule has 10 heteroatoms. The lowest BCUT2D eigenvalue weighted by atomic mass is 10.1. The number of aromatic hydroxyl groups is 2. The Morgan fingerprint density at radius 2 is 1.72 bits per heavy atom. The molecule has 0 spiro atoms. The Kier molecular flexibility index (Phi) is 5.81. The minimum Gasteiger partial charge on any atom is -0.492 e. The number of piperidine rings is 1. The summed E-state index contributed by atoms with van der Waals surface area (Å²) >= 11 is 1.78. The van der Waals surface area contributed by atoms with Crippen LogP contribution in [0.2, 0.25) is 0 Å². The number of aromatic nitrogens is 2. The van der Waals surface area contributed by atoms with Gasteiger partial charge in [0.15, 0.2) is 5.13 Å². The Bertz CT molecular complexity index is 833. The Labute approximate surface area is 173 Å². The Morgan fingerprint density at radius 1 is 1.07 bits per heavy atom. The van der Waals surface area contributed by atoms with Crippen molar-refractivity contribution >= 4 is 22.6 Å². The van der Waals surface area contributed by atoms with E-state index in [9.17, 15) is 15.0 Å². The molecule has 9 nitrogen and oxygen atoms in total. The fourth-order valence-corrected chi connectivity index (χ4v) is 4.86. The molecule has 0 atom stereocenters. The summed E-state index contributed by atoms with van der Waals surface area (Å²) < 4.78 is 0.720. The van der Waals surface area contributed by atoms with Crippen LogP contribution in [0.3, 0.4) is 0 Å². The minimum absolute atomic E-state index is 0.320. The molecule has 2 N–H and O–H groups in total. The van der Waals surface area contributed by atoms with E-state index in [1.54, 1.807) is 16.2 Å². The highest BCUT2D eigenvalue weighted by molar-refractivity contribution is 7.15. The predicted molar refractivity (Wildman–Crippen MR) is 110 cm³/mol. The maximum Gasteiger partial charge on any atom is 0.434 e. The molecule has 2 aromatic heterocycles. The second-order valence-corrected chi connectivity index (χ2v) is 8.58. The van der Waals surface area contributed by atoms with Gasteiger partial charge in [0.05, 0.1) is 5.69 Å². The van der Waals surface area contributed by atoms with Crippen LogP contribution in [0, 0.1) is 6.92 Å². The van der Waals surface area contributed by atoms with Crippen molar-refractivity contribution in [2.24, 2.45) is 0 Å². The van der Waals surface area contributed by atoms with Gasteiger partial charge in [-0.2, -0.15) is 0 Å². The van der Waals surface area contributed by atoms with Crippen molar-refractivity contribution in [2.45, 2.75) is 32.7 Å². The molecule has 4 rings (SSSR count). The van der Waals surface area contributed by atoms with Gasteiger partial charge in [-0.3, -0.25) is 4.90 Å². The number of thiazole rings is 1. The molecule has 0 radical (unpaired) electrons. The molecule has 2 saturated heterocycles. The molecule has 0 aliphatic carbocycles. The second kappa shape index (κ2) is 8.50. The molecular formula is C19H27N5O4S. The smallest absolute Gasteiger partial charge is 0.434 e. The molecule has 0 bridgehead atoms. The third kappa shape index (κ3) is 4.43. The molecule has 158 valence electrons. The van der Waals surface area contributed by atoms with E-state index in [4.69, 9.17) is 9.82 Å². The number of carbonyl (C=O) groups is 1. The first kappa shape index (κ1) is 19.8. The van der Waals surface area contributed by atoms with E-state index in [0.29, 0.717) is 13.1 Å². The highest BCUT2D eigenvalue weighted by Gasteiger charge is 2.25. The summed E-state index contributed by atoms with van der Waals surface area (Å²) in [5.41, 5.74) is 1.09. The lowest BCUT2D eigenvalue weighted by molar-refractivity contribution is 0.0557. The monoisotopic (exact) mass is 421 g/mol. The van der Waals surface area contributed by atoms with Crippen LogP contribution in [-0.4, -0.2) is 75.1 Å². The van der Waals surface area contributed by atoms with Gasteiger partial charge < -0.3 is 24.9 Å². The second-order valence-electron chi connectivity index (χ2n) is 7.52. The molecule has 2 aliphatic rings. The number of carbonyl (C=O) groups excluding carboxylic acids is 1. The van der Waals surface area contributed by atoms with Crippen LogP contribution in [0.25, 0.3) is 0 Å². The summed E-state index contributed by atoms with van der Waals surface area (Å²) in [6, 6.07) is 2.52. The normalized spacial score (nSPS) is 18.2. The zero-order valence-electron chi connectivity index (χ0n) is 16.6. The average molecular weight is 422 g/mol. The third-order valence-electron chi connectivity index (χ3n) is 5.47. The number of amides is 1. The summed E-state index contributed by atoms with van der Waals surface area (Å²) in [6.07, 6.45) is 3.20. The van der Waals surface area contributed by atoms with Crippen LogP contribution in [-0.2, 0) is 6.54 Å². The zero-order valence-corrected chi connectivity index (χ0v) is 17.4. The van der Waals surface area contributed by atoms with E-state index in [2.05, 4.69) is 16.7 Å². The van der Waals surface area contributed by atoms with E-state index in [1.807, 2.05) is 0 Å². The van der Waals surface area contributed by atoms with Crippen molar-refractivity contribution in [1.82, 2.24) is 19.5 Å². The summed E-state index contributed by atoms with van der Waals surface area (Å²) in [7, 11) is 0. The first-order valence-electron chi connectivity index (χ1n) is 10.0. The van der Waals surface area contributed by atoms with Crippen LogP contribution >= 0.6 is 11.3 Å². The van der Waals surface area contributed by atoms with Crippen LogP contribution in [0.4, 0.5) is 9.93 Å². The van der Waals surface area contributed by atoms with Crippen molar-refractivity contribution in [3.05, 3.63) is 22.7 Å². The zero-order chi connectivity index (χ0) is 20.4. The summed E-state index contributed by atoms with van der Waals surface area (Å²) in [5.74, 6) is -0.640. The fraction of sp³-hybridized carbons (Fsp3) is 0.579. The molecule has 2 fully saturated rings. The van der Waals surface area contributed by atoms with Gasteiger partial charge in [-0.25, -0.2) is 9.78 Å². The van der Waals surface area contributed by atoms with Crippen LogP contribution in [0.1, 0.15) is 29.8 Å². The lowest BCUT2D eigenvalue weighted by Gasteiger charge is -2.33. The van der Waals surface area contributed by atoms with E-state index in [-0.39, 0.29) is 11.8 Å². The molecule has 4 heterocycles. The van der Waals surface area contributed by atoms with Gasteiger partial charge in [-0.05, 0) is 26.2 Å². The number of hydrogen-bond acceptors (Lipinski definition) is 8. The average Bonchev–Trinajstić information content (AvgIpc) is 3.26. The van der Waals surface area contributed by atoms with Crippen molar-refractivity contribution in [3.8, 4) is 11.8 Å². The number of hydrogen-bond donors (Lipinski definition) is 2. The third-order valence-corrected chi connectivity index (χ3v) is 6.68. The number of aryl methyl sites for hydroxylation is 1. The van der Waals surface area contributed by atoms with Gasteiger partial charge in [0, 0.05) is 62.8 Å². The van der Waals surface area contributed by atoms with Crippen LogP contribution in [0.5, 0.6) is 11.8 Å². The lowest BCUT2D eigenvalue weighted by Crippen LogP contribution is -2.50. The number of piperazine rings is 1. The minimum atomic E-state index is -0.590. The Hall–Kier alpha value is -2.46. The molecular weight excluding hydrogens is 394 g/mol. The first-order valence-corrected chi connectivity index (χ1v) is 10.8. The van der Waals surface area contributed by atoms with Crippen molar-refractivity contribution in [2.75, 3.05) is 44.2 Å². The standard InChI is InChI=1S/C19H27N5O4S/c1-14-15(29-18(20-14)22-7-3-2-4-8-22)13-21-9-11-23(12-10-21)19(27)28-24-16(25)5-6-17(24)26/h5-6,25-26H,2-4,7-13H2,1H3. The van der Waals surface area contributed by atoms with Gasteiger partial charge in [0.2, 0.25) is 11.8 Å². The fourth-order valence-electron chi connectivity index (χ4n) is 3.70. The molecule has 0 aromatic carbocycles. The maximum atomic E-state index is 12.3. The predicted octanol–water partition coefficient (Wildman–Crippen LogP) is 2.02. The quantitative estimate of drug-likeness (QED) is 0.780. The highest BCUT2D eigenvalue weighted by atomic mass is 32.1. The van der Waals surface area contributed by atoms with E-state index in [0.717, 1.165) is 48.3 Å². The van der Waals surface area contributed by atoms with Crippen LogP contribution in [0.15, 0.2) is 12.1 Å². The SMILES string of the molecule is Cc1nc(N2CCCCC2)sc1CN1CCN(C(=O)On2c(O)ccc2O)CC1.